The molecule has 19 heavy (non-hydrogen) atoms. The summed E-state index contributed by atoms with van der Waals surface area (Å²) in [6.45, 7) is 3.34. The van der Waals surface area contributed by atoms with Crippen LogP contribution in [0.4, 0.5) is 0 Å². The van der Waals surface area contributed by atoms with E-state index in [0.29, 0.717) is 18.1 Å². The van der Waals surface area contributed by atoms with Gasteiger partial charge in [-0.25, -0.2) is 4.79 Å². The Labute approximate surface area is 114 Å². The summed E-state index contributed by atoms with van der Waals surface area (Å²) in [5.74, 6) is 0.276. The van der Waals surface area contributed by atoms with Gasteiger partial charge in [0, 0.05) is 6.54 Å². The van der Waals surface area contributed by atoms with Crippen molar-refractivity contribution in [3.05, 3.63) is 35.4 Å². The molecule has 2 rings (SSSR count). The Kier molecular flexibility index (Phi) is 5.36. The van der Waals surface area contributed by atoms with Gasteiger partial charge < -0.3 is 14.8 Å². The fraction of sp³-hybridized carbons (Fsp3) is 0.533. The van der Waals surface area contributed by atoms with Gasteiger partial charge in [0.2, 0.25) is 0 Å². The largest absolute Gasteiger partial charge is 0.465 e. The van der Waals surface area contributed by atoms with E-state index in [1.807, 2.05) is 18.2 Å². The molecule has 1 fully saturated rings. The SMILES string of the molecule is COC(=O)c1ccccc1COC[C@H]1CCCNC1. The number of benzene rings is 1. The lowest BCUT2D eigenvalue weighted by Crippen LogP contribution is -2.32. The average Bonchev–Trinajstić information content (AvgIpc) is 2.48. The van der Waals surface area contributed by atoms with Gasteiger partial charge in [-0.3, -0.25) is 0 Å². The first kappa shape index (κ1) is 14.0. The second kappa shape index (κ2) is 7.26. The van der Waals surface area contributed by atoms with E-state index in [2.05, 4.69) is 5.32 Å². The van der Waals surface area contributed by atoms with Crippen LogP contribution in [0.15, 0.2) is 24.3 Å². The number of carbonyl (C=O) groups is 1. The van der Waals surface area contributed by atoms with Crippen LogP contribution < -0.4 is 5.32 Å². The smallest absolute Gasteiger partial charge is 0.338 e. The molecule has 4 nitrogen and oxygen atoms in total. The van der Waals surface area contributed by atoms with Crippen molar-refractivity contribution in [3.63, 3.8) is 0 Å². The number of esters is 1. The van der Waals surface area contributed by atoms with Crippen LogP contribution in [-0.4, -0.2) is 32.8 Å². The highest BCUT2D eigenvalue weighted by molar-refractivity contribution is 5.90. The van der Waals surface area contributed by atoms with Crippen LogP contribution in [0.25, 0.3) is 0 Å². The molecular formula is C15H21NO3. The molecule has 0 unspecified atom stereocenters. The summed E-state index contributed by atoms with van der Waals surface area (Å²) in [7, 11) is 1.40. The Bertz CT molecular complexity index is 414. The van der Waals surface area contributed by atoms with E-state index in [1.165, 1.54) is 20.0 Å². The van der Waals surface area contributed by atoms with Crippen molar-refractivity contribution in [2.45, 2.75) is 19.4 Å². The maximum Gasteiger partial charge on any atom is 0.338 e. The Hall–Kier alpha value is -1.39. The maximum absolute atomic E-state index is 11.6. The fourth-order valence-electron chi connectivity index (χ4n) is 2.36. The molecule has 1 saturated heterocycles. The van der Waals surface area contributed by atoms with Crippen LogP contribution in [0.2, 0.25) is 0 Å². The van der Waals surface area contributed by atoms with E-state index in [4.69, 9.17) is 9.47 Å². The van der Waals surface area contributed by atoms with Crippen LogP contribution in [0.3, 0.4) is 0 Å². The zero-order chi connectivity index (χ0) is 13.5. The summed E-state index contributed by atoms with van der Waals surface area (Å²) in [4.78, 5) is 11.6. The standard InChI is InChI=1S/C15H21NO3/c1-18-15(17)14-7-3-2-6-13(14)11-19-10-12-5-4-8-16-9-12/h2-3,6-7,12,16H,4-5,8-11H2,1H3/t12-/m0/s1. The molecule has 0 aromatic heterocycles. The first-order chi connectivity index (χ1) is 9.31. The number of rotatable bonds is 5. The Morgan fingerprint density at radius 3 is 3.00 bits per heavy atom. The summed E-state index contributed by atoms with van der Waals surface area (Å²) in [5.41, 5.74) is 1.48. The van der Waals surface area contributed by atoms with Gasteiger partial charge in [-0.05, 0) is 36.9 Å². The average molecular weight is 263 g/mol. The van der Waals surface area contributed by atoms with Gasteiger partial charge in [-0.2, -0.15) is 0 Å². The van der Waals surface area contributed by atoms with Crippen molar-refractivity contribution < 1.29 is 14.3 Å². The Morgan fingerprint density at radius 1 is 1.42 bits per heavy atom. The van der Waals surface area contributed by atoms with E-state index < -0.39 is 0 Å². The van der Waals surface area contributed by atoms with Gasteiger partial charge in [0.25, 0.3) is 0 Å². The number of nitrogens with one attached hydrogen (secondary N) is 1. The zero-order valence-corrected chi connectivity index (χ0v) is 11.4. The van der Waals surface area contributed by atoms with Crippen LogP contribution in [0.5, 0.6) is 0 Å². The van der Waals surface area contributed by atoms with Crippen molar-refractivity contribution in [2.24, 2.45) is 5.92 Å². The molecule has 0 radical (unpaired) electrons. The molecule has 0 bridgehead atoms. The molecule has 1 heterocycles. The summed E-state index contributed by atoms with van der Waals surface area (Å²) in [6.07, 6.45) is 2.43. The summed E-state index contributed by atoms with van der Waals surface area (Å²) in [5, 5.41) is 3.37. The molecule has 1 aliphatic heterocycles. The Balaban J connectivity index is 1.86. The van der Waals surface area contributed by atoms with E-state index in [0.717, 1.165) is 25.3 Å². The lowest BCUT2D eigenvalue weighted by molar-refractivity contribution is 0.0580. The van der Waals surface area contributed by atoms with Crippen molar-refractivity contribution >= 4 is 5.97 Å². The van der Waals surface area contributed by atoms with Gasteiger partial charge in [0.1, 0.15) is 0 Å². The third-order valence-electron chi connectivity index (χ3n) is 3.43. The van der Waals surface area contributed by atoms with Gasteiger partial charge in [-0.1, -0.05) is 18.2 Å². The maximum atomic E-state index is 11.6. The predicted molar refractivity (Wildman–Crippen MR) is 73.0 cm³/mol. The van der Waals surface area contributed by atoms with Gasteiger partial charge >= 0.3 is 5.97 Å². The molecule has 1 aromatic rings. The van der Waals surface area contributed by atoms with Crippen LogP contribution in [0, 0.1) is 5.92 Å². The molecule has 104 valence electrons. The molecule has 4 heteroatoms. The number of hydrogen-bond donors (Lipinski definition) is 1. The molecule has 1 aromatic carbocycles. The van der Waals surface area contributed by atoms with E-state index in [1.54, 1.807) is 6.07 Å². The highest BCUT2D eigenvalue weighted by Crippen LogP contribution is 2.14. The van der Waals surface area contributed by atoms with Gasteiger partial charge in [-0.15, -0.1) is 0 Å². The fourth-order valence-corrected chi connectivity index (χ4v) is 2.36. The second-order valence-corrected chi connectivity index (χ2v) is 4.88. The molecule has 0 spiro atoms. The predicted octanol–water partition coefficient (Wildman–Crippen LogP) is 1.99. The summed E-state index contributed by atoms with van der Waals surface area (Å²) in [6, 6.07) is 7.42. The first-order valence-electron chi connectivity index (χ1n) is 6.76. The minimum Gasteiger partial charge on any atom is -0.465 e. The van der Waals surface area contributed by atoms with E-state index in [9.17, 15) is 4.79 Å². The topological polar surface area (TPSA) is 47.6 Å². The number of piperidine rings is 1. The van der Waals surface area contributed by atoms with Crippen molar-refractivity contribution in [2.75, 3.05) is 26.8 Å². The van der Waals surface area contributed by atoms with Crippen molar-refractivity contribution in [1.29, 1.82) is 0 Å². The zero-order valence-electron chi connectivity index (χ0n) is 11.4. The number of carbonyl (C=O) groups excluding carboxylic acids is 1. The quantitative estimate of drug-likeness (QED) is 0.825. The third kappa shape index (κ3) is 4.04. The lowest BCUT2D eigenvalue weighted by atomic mass is 10.0. The first-order valence-corrected chi connectivity index (χ1v) is 6.76. The molecular weight excluding hydrogens is 242 g/mol. The number of methoxy groups -OCH3 is 1. The number of hydrogen-bond acceptors (Lipinski definition) is 4. The van der Waals surface area contributed by atoms with E-state index in [-0.39, 0.29) is 5.97 Å². The second-order valence-electron chi connectivity index (χ2n) is 4.88. The van der Waals surface area contributed by atoms with Gasteiger partial charge in [0.15, 0.2) is 0 Å². The van der Waals surface area contributed by atoms with E-state index >= 15 is 0 Å². The molecule has 1 atom stereocenters. The monoisotopic (exact) mass is 263 g/mol. The summed E-state index contributed by atoms with van der Waals surface area (Å²) >= 11 is 0. The molecule has 0 amide bonds. The third-order valence-corrected chi connectivity index (χ3v) is 3.43. The minimum atomic E-state index is -0.307. The highest BCUT2D eigenvalue weighted by atomic mass is 16.5. The van der Waals surface area contributed by atoms with Gasteiger partial charge in [0.05, 0.1) is 25.9 Å². The lowest BCUT2D eigenvalue weighted by Gasteiger charge is -2.22. The molecule has 1 N–H and O–H groups in total. The minimum absolute atomic E-state index is 0.307. The normalized spacial score (nSPS) is 19.1. The Morgan fingerprint density at radius 2 is 2.26 bits per heavy atom. The van der Waals surface area contributed by atoms with Crippen LogP contribution in [-0.2, 0) is 16.1 Å². The van der Waals surface area contributed by atoms with Crippen LogP contribution in [0.1, 0.15) is 28.8 Å². The van der Waals surface area contributed by atoms with Crippen LogP contribution >= 0.6 is 0 Å². The molecule has 0 aliphatic carbocycles. The molecule has 0 saturated carbocycles. The van der Waals surface area contributed by atoms with Crippen molar-refractivity contribution in [1.82, 2.24) is 5.32 Å². The molecule has 1 aliphatic rings. The van der Waals surface area contributed by atoms with Crippen molar-refractivity contribution in [3.8, 4) is 0 Å². The number of ether oxygens (including phenoxy) is 2. The summed E-state index contributed by atoms with van der Waals surface area (Å²) < 4.78 is 10.5. The highest BCUT2D eigenvalue weighted by Gasteiger charge is 2.14.